The van der Waals surface area contributed by atoms with Gasteiger partial charge in [-0.1, -0.05) is 161 Å². The van der Waals surface area contributed by atoms with Crippen LogP contribution in [0.2, 0.25) is 0 Å². The minimum atomic E-state index is -0.0869. The Bertz CT molecular complexity index is 3680. The zero-order valence-electron chi connectivity index (χ0n) is 43.4. The Kier molecular flexibility index (Phi) is 9.13. The van der Waals surface area contributed by atoms with Gasteiger partial charge in [-0.05, 0) is 147 Å². The molecule has 9 aromatic rings. The predicted octanol–water partition coefficient (Wildman–Crippen LogP) is 16.2. The van der Waals surface area contributed by atoms with Crippen LogP contribution in [0.4, 0.5) is 28.4 Å². The largest absolute Gasteiger partial charge is 0.334 e. The number of thiophene rings is 1. The van der Waals surface area contributed by atoms with E-state index in [0.717, 1.165) is 6.42 Å². The third kappa shape index (κ3) is 6.00. The van der Waals surface area contributed by atoms with E-state index < -0.39 is 0 Å². The van der Waals surface area contributed by atoms with E-state index in [1.165, 1.54) is 140 Å². The monoisotopic (exact) mass is 932 g/mol. The Labute approximate surface area is 420 Å². The van der Waals surface area contributed by atoms with Crippen LogP contribution in [0.15, 0.2) is 133 Å². The van der Waals surface area contributed by atoms with Gasteiger partial charge in [0.15, 0.2) is 0 Å². The molecular formula is C65H66BN3S. The second-order valence-electron chi connectivity index (χ2n) is 25.0. The highest BCUT2D eigenvalue weighted by molar-refractivity contribution is 7.26. The van der Waals surface area contributed by atoms with Crippen molar-refractivity contribution in [1.29, 1.82) is 0 Å². The van der Waals surface area contributed by atoms with Gasteiger partial charge in [-0.15, -0.1) is 11.3 Å². The second kappa shape index (κ2) is 14.5. The van der Waals surface area contributed by atoms with Crippen LogP contribution in [-0.2, 0) is 21.7 Å². The average Bonchev–Trinajstić information content (AvgIpc) is 3.92. The summed E-state index contributed by atoms with van der Waals surface area (Å²) in [7, 11) is 0. The van der Waals surface area contributed by atoms with Gasteiger partial charge in [-0.25, -0.2) is 0 Å². The highest BCUT2D eigenvalue weighted by atomic mass is 32.1. The summed E-state index contributed by atoms with van der Waals surface area (Å²) < 4.78 is 5.42. The van der Waals surface area contributed by atoms with Crippen molar-refractivity contribution in [3.63, 3.8) is 0 Å². The maximum absolute atomic E-state index is 2.80. The number of anilines is 5. The van der Waals surface area contributed by atoms with E-state index >= 15 is 0 Å². The summed E-state index contributed by atoms with van der Waals surface area (Å²) in [5.41, 5.74) is 24.0. The summed E-state index contributed by atoms with van der Waals surface area (Å²) in [4.78, 5) is 5.49. The van der Waals surface area contributed by atoms with E-state index in [-0.39, 0.29) is 33.9 Å². The molecule has 3 aliphatic heterocycles. The van der Waals surface area contributed by atoms with Gasteiger partial charge in [0.1, 0.15) is 0 Å². The molecule has 2 unspecified atom stereocenters. The first-order chi connectivity index (χ1) is 33.3. The minimum Gasteiger partial charge on any atom is -0.334 e. The predicted molar refractivity (Wildman–Crippen MR) is 305 cm³/mol. The number of aromatic nitrogens is 1. The molecule has 0 saturated heterocycles. The number of aryl methyl sites for hydroxylation is 1. The number of nitrogens with zero attached hydrogens (tertiary/aromatic N) is 3. The first-order valence-corrected chi connectivity index (χ1v) is 26.8. The summed E-state index contributed by atoms with van der Waals surface area (Å²) >= 11 is 1.96. The highest BCUT2D eigenvalue weighted by Crippen LogP contribution is 2.62. The SMILES string of the molecule is Cc1cc2c3c(c1)-n1c4c(cc(C(C)(C)C)cc4c4sc5ccccc5c41)B3c1ccc(N3c4ccc(C(C)(C)C)cc4C4(C)CCCCC34C)cc1N2c1ccc(C(C)(C)C)cc1-c1ccccc1. The smallest absolute Gasteiger partial charge is 0.252 e. The van der Waals surface area contributed by atoms with Gasteiger partial charge in [-0.3, -0.25) is 0 Å². The quantitative estimate of drug-likeness (QED) is 0.164. The van der Waals surface area contributed by atoms with Gasteiger partial charge in [-0.2, -0.15) is 0 Å². The molecule has 5 heterocycles. The minimum absolute atomic E-state index is 0.0180. The van der Waals surface area contributed by atoms with Crippen LogP contribution < -0.4 is 26.2 Å². The van der Waals surface area contributed by atoms with Gasteiger partial charge in [0.2, 0.25) is 0 Å². The molecule has 0 radical (unpaired) electrons. The number of hydrogen-bond acceptors (Lipinski definition) is 3. The summed E-state index contributed by atoms with van der Waals surface area (Å²) in [6.45, 7) is 28.8. The number of benzene rings is 7. The van der Waals surface area contributed by atoms with Crippen LogP contribution in [0.5, 0.6) is 0 Å². The van der Waals surface area contributed by atoms with Crippen molar-refractivity contribution in [3.8, 4) is 16.8 Å². The fourth-order valence-electron chi connectivity index (χ4n) is 13.6. The Morgan fingerprint density at radius 1 is 0.543 bits per heavy atom. The lowest BCUT2D eigenvalue weighted by molar-refractivity contribution is 0.195. The molecule has 1 saturated carbocycles. The molecule has 7 aromatic carbocycles. The molecule has 0 amide bonds. The van der Waals surface area contributed by atoms with E-state index in [0.29, 0.717) is 0 Å². The fourth-order valence-corrected chi connectivity index (χ4v) is 14.8. The molecule has 70 heavy (non-hydrogen) atoms. The van der Waals surface area contributed by atoms with Crippen molar-refractivity contribution >= 4 is 94.1 Å². The summed E-state index contributed by atoms with van der Waals surface area (Å²) in [6.07, 6.45) is 4.86. The zero-order chi connectivity index (χ0) is 48.6. The first-order valence-electron chi connectivity index (χ1n) is 26.0. The Hall–Kier alpha value is -6.04. The molecule has 1 fully saturated rings. The van der Waals surface area contributed by atoms with Crippen molar-refractivity contribution in [2.45, 2.75) is 136 Å². The first kappa shape index (κ1) is 43.9. The zero-order valence-corrected chi connectivity index (χ0v) is 44.2. The van der Waals surface area contributed by atoms with E-state index in [2.05, 4.69) is 231 Å². The standard InChI is InChI=1S/C65H66BN3S/c1-39-32-54-57-55(33-39)68-58-47(60-59(68)45-22-16-17-23-56(45)70-60)35-43(63(8,9)10)37-50(58)66(57)49-27-26-44(69-52-29-25-42(62(5,6)7)36-48(52)64(11)30-18-19-31-65(64,69)12)38-53(49)67(54)51-28-24-41(61(2,3)4)34-46(51)40-20-14-13-15-21-40/h13-17,20-29,32-38H,18-19,30-31H2,1-12H3. The van der Waals surface area contributed by atoms with E-state index in [9.17, 15) is 0 Å². The van der Waals surface area contributed by atoms with Crippen LogP contribution >= 0.6 is 11.3 Å². The summed E-state index contributed by atoms with van der Waals surface area (Å²) in [5.74, 6) is 0. The molecule has 2 atom stereocenters. The topological polar surface area (TPSA) is 11.4 Å². The molecule has 3 nitrogen and oxygen atoms in total. The lowest BCUT2D eigenvalue weighted by Gasteiger charge is -2.50. The number of hydrogen-bond donors (Lipinski definition) is 0. The number of fused-ring (bicyclic) bond motifs is 12. The van der Waals surface area contributed by atoms with Crippen molar-refractivity contribution < 1.29 is 0 Å². The third-order valence-corrected chi connectivity index (χ3v) is 18.8. The third-order valence-electron chi connectivity index (χ3n) is 17.6. The van der Waals surface area contributed by atoms with Crippen molar-refractivity contribution in [2.75, 3.05) is 9.80 Å². The Morgan fingerprint density at radius 3 is 1.96 bits per heavy atom. The highest BCUT2D eigenvalue weighted by Gasteiger charge is 2.58. The van der Waals surface area contributed by atoms with Crippen LogP contribution in [0.1, 0.15) is 130 Å². The van der Waals surface area contributed by atoms with Gasteiger partial charge in [0.25, 0.3) is 6.71 Å². The van der Waals surface area contributed by atoms with Crippen LogP contribution in [0, 0.1) is 6.92 Å². The van der Waals surface area contributed by atoms with E-state index in [1.807, 2.05) is 11.3 Å². The second-order valence-corrected chi connectivity index (χ2v) is 26.1. The van der Waals surface area contributed by atoms with Gasteiger partial charge in [0.05, 0.1) is 27.0 Å². The lowest BCUT2D eigenvalue weighted by Crippen LogP contribution is -2.60. The fraction of sp³-hybridized carbons (Fsp3) is 0.323. The molecule has 0 spiro atoms. The molecule has 13 rings (SSSR count). The van der Waals surface area contributed by atoms with Gasteiger partial charge in [0, 0.05) is 54.9 Å². The molecule has 2 aromatic heterocycles. The van der Waals surface area contributed by atoms with Crippen LogP contribution in [0.3, 0.4) is 0 Å². The molecule has 1 aliphatic carbocycles. The van der Waals surface area contributed by atoms with Gasteiger partial charge < -0.3 is 14.4 Å². The van der Waals surface area contributed by atoms with E-state index in [4.69, 9.17) is 0 Å². The van der Waals surface area contributed by atoms with Crippen LogP contribution in [0.25, 0.3) is 48.0 Å². The molecule has 350 valence electrons. The summed E-state index contributed by atoms with van der Waals surface area (Å²) in [5, 5.41) is 2.71. The maximum atomic E-state index is 2.80. The van der Waals surface area contributed by atoms with E-state index in [1.54, 1.807) is 0 Å². The Morgan fingerprint density at radius 2 is 1.21 bits per heavy atom. The van der Waals surface area contributed by atoms with Crippen molar-refractivity contribution in [3.05, 3.63) is 161 Å². The molecule has 0 N–H and O–H groups in total. The van der Waals surface area contributed by atoms with Gasteiger partial charge >= 0.3 is 0 Å². The molecule has 4 aliphatic rings. The average molecular weight is 932 g/mol. The number of rotatable bonds is 3. The van der Waals surface area contributed by atoms with Crippen molar-refractivity contribution in [2.24, 2.45) is 0 Å². The normalized spacial score (nSPS) is 19.5. The molecule has 5 heteroatoms. The molecular weight excluding hydrogens is 866 g/mol. The molecule has 0 bridgehead atoms. The summed E-state index contributed by atoms with van der Waals surface area (Å²) in [6, 6.07) is 52.9. The van der Waals surface area contributed by atoms with Crippen molar-refractivity contribution in [1.82, 2.24) is 4.57 Å². The maximum Gasteiger partial charge on any atom is 0.252 e. The lowest BCUT2D eigenvalue weighted by atomic mass is 9.33. The van der Waals surface area contributed by atoms with Crippen LogP contribution in [-0.4, -0.2) is 16.8 Å². The Balaban J connectivity index is 1.15.